The van der Waals surface area contributed by atoms with Crippen molar-refractivity contribution >= 4 is 0 Å². The molecule has 0 spiro atoms. The zero-order chi connectivity index (χ0) is 10.2. The number of rotatable bonds is 0. The van der Waals surface area contributed by atoms with E-state index in [1.807, 2.05) is 0 Å². The van der Waals surface area contributed by atoms with Crippen molar-refractivity contribution in [3.05, 3.63) is 23.3 Å². The lowest BCUT2D eigenvalue weighted by molar-refractivity contribution is -0.101. The van der Waals surface area contributed by atoms with Gasteiger partial charge in [0.2, 0.25) is 0 Å². The van der Waals surface area contributed by atoms with Crippen LogP contribution >= 0.6 is 0 Å². The van der Waals surface area contributed by atoms with Crippen LogP contribution in [-0.2, 0) is 0 Å². The fourth-order valence-corrected chi connectivity index (χ4v) is 1.33. The maximum absolute atomic E-state index is 13.0. The molecule has 0 fully saturated rings. The molecule has 1 aliphatic carbocycles. The van der Waals surface area contributed by atoms with Gasteiger partial charge in [-0.05, 0) is 13.0 Å². The van der Waals surface area contributed by atoms with E-state index in [4.69, 9.17) is 0 Å². The lowest BCUT2D eigenvalue weighted by atomic mass is 9.88. The molecule has 2 atom stereocenters. The smallest absolute Gasteiger partial charge is 0.242 e. The van der Waals surface area contributed by atoms with Gasteiger partial charge in [-0.15, -0.1) is 0 Å². The van der Waals surface area contributed by atoms with Crippen molar-refractivity contribution in [1.29, 1.82) is 0 Å². The normalized spacial score (nSPS) is 29.7. The van der Waals surface area contributed by atoms with Gasteiger partial charge in [-0.1, -0.05) is 18.6 Å². The highest BCUT2D eigenvalue weighted by Gasteiger charge is 2.40. The molecule has 0 aromatic heterocycles. The van der Waals surface area contributed by atoms with Crippen LogP contribution in [0.4, 0.5) is 17.6 Å². The summed E-state index contributed by atoms with van der Waals surface area (Å²) in [6.07, 6.45) is -3.73. The summed E-state index contributed by atoms with van der Waals surface area (Å²) in [5.74, 6) is -1.09. The zero-order valence-electron chi connectivity index (χ0n) is 7.32. The minimum atomic E-state index is -4.42. The molecule has 1 rings (SSSR count). The number of hydrogen-bond acceptors (Lipinski definition) is 0. The fourth-order valence-electron chi connectivity index (χ4n) is 1.33. The van der Waals surface area contributed by atoms with Gasteiger partial charge in [-0.3, -0.25) is 0 Å². The van der Waals surface area contributed by atoms with E-state index in [-0.39, 0.29) is 0 Å². The Hall–Kier alpha value is -0.800. The van der Waals surface area contributed by atoms with Crippen LogP contribution in [-0.4, -0.2) is 12.3 Å². The second-order valence-electron chi connectivity index (χ2n) is 3.24. The third-order valence-electron chi connectivity index (χ3n) is 2.10. The van der Waals surface area contributed by atoms with E-state index in [0.717, 1.165) is 6.08 Å². The van der Waals surface area contributed by atoms with Gasteiger partial charge in [0.15, 0.2) is 0 Å². The molecule has 0 heterocycles. The standard InChI is InChI=1S/C9H10F4/c1-5-3-7(9(11,12)13)6(2)8(10)4-5/h3-4,6,8H,1-2H3. The topological polar surface area (TPSA) is 0 Å². The van der Waals surface area contributed by atoms with Crippen LogP contribution in [0.15, 0.2) is 23.3 Å². The molecule has 0 amide bonds. The zero-order valence-corrected chi connectivity index (χ0v) is 7.32. The summed E-state index contributed by atoms with van der Waals surface area (Å²) in [7, 11) is 0. The average Bonchev–Trinajstić information content (AvgIpc) is 1.94. The van der Waals surface area contributed by atoms with Crippen LogP contribution in [0, 0.1) is 5.92 Å². The Morgan fingerprint density at radius 1 is 1.31 bits per heavy atom. The summed E-state index contributed by atoms with van der Waals surface area (Å²) in [6, 6.07) is 0. The molecule has 0 saturated heterocycles. The SMILES string of the molecule is CC1=CC(F)C(C)C(C(F)(F)F)=C1. The lowest BCUT2D eigenvalue weighted by Gasteiger charge is -2.24. The van der Waals surface area contributed by atoms with E-state index in [0.29, 0.717) is 5.57 Å². The molecule has 74 valence electrons. The third kappa shape index (κ3) is 2.11. The summed E-state index contributed by atoms with van der Waals surface area (Å²) >= 11 is 0. The van der Waals surface area contributed by atoms with Crippen LogP contribution in [0.5, 0.6) is 0 Å². The Kier molecular flexibility index (Phi) is 2.50. The van der Waals surface area contributed by atoms with Gasteiger partial charge in [0.05, 0.1) is 0 Å². The van der Waals surface area contributed by atoms with Crippen molar-refractivity contribution in [2.45, 2.75) is 26.2 Å². The van der Waals surface area contributed by atoms with E-state index in [9.17, 15) is 17.6 Å². The molecular weight excluding hydrogens is 184 g/mol. The molecule has 0 N–H and O–H groups in total. The molecule has 0 aromatic rings. The van der Waals surface area contributed by atoms with Crippen LogP contribution < -0.4 is 0 Å². The average molecular weight is 194 g/mol. The van der Waals surface area contributed by atoms with E-state index >= 15 is 0 Å². The number of hydrogen-bond donors (Lipinski definition) is 0. The summed E-state index contributed by atoms with van der Waals surface area (Å²) in [5, 5.41) is 0. The predicted octanol–water partition coefficient (Wildman–Crippen LogP) is 3.41. The first kappa shape index (κ1) is 10.3. The van der Waals surface area contributed by atoms with Crippen molar-refractivity contribution in [3.8, 4) is 0 Å². The molecule has 13 heavy (non-hydrogen) atoms. The first-order chi connectivity index (χ1) is 5.82. The van der Waals surface area contributed by atoms with Crippen LogP contribution in [0.2, 0.25) is 0 Å². The van der Waals surface area contributed by atoms with Crippen molar-refractivity contribution in [2.24, 2.45) is 5.92 Å². The molecule has 4 heteroatoms. The molecule has 1 aliphatic rings. The molecule has 0 nitrogen and oxygen atoms in total. The summed E-state index contributed by atoms with van der Waals surface area (Å²) in [6.45, 7) is 2.71. The summed E-state index contributed by atoms with van der Waals surface area (Å²) < 4.78 is 49.8. The molecule has 0 bridgehead atoms. The number of allylic oxidation sites excluding steroid dienone is 4. The lowest BCUT2D eigenvalue weighted by Crippen LogP contribution is -2.26. The summed E-state index contributed by atoms with van der Waals surface area (Å²) in [4.78, 5) is 0. The van der Waals surface area contributed by atoms with E-state index in [1.165, 1.54) is 19.9 Å². The third-order valence-corrected chi connectivity index (χ3v) is 2.10. The maximum atomic E-state index is 13.0. The Labute approximate surface area is 73.9 Å². The summed E-state index contributed by atoms with van der Waals surface area (Å²) in [5.41, 5.74) is -0.446. The molecule has 0 aliphatic heterocycles. The molecular formula is C9H10F4. The Morgan fingerprint density at radius 3 is 2.31 bits per heavy atom. The minimum Gasteiger partial charge on any atom is -0.242 e. The predicted molar refractivity (Wildman–Crippen MR) is 42.0 cm³/mol. The highest BCUT2D eigenvalue weighted by molar-refractivity contribution is 5.33. The fraction of sp³-hybridized carbons (Fsp3) is 0.556. The Bertz CT molecular complexity index is 259. The monoisotopic (exact) mass is 194 g/mol. The van der Waals surface area contributed by atoms with Gasteiger partial charge in [0.25, 0.3) is 0 Å². The van der Waals surface area contributed by atoms with Gasteiger partial charge < -0.3 is 0 Å². The van der Waals surface area contributed by atoms with E-state index in [1.54, 1.807) is 0 Å². The van der Waals surface area contributed by atoms with Crippen molar-refractivity contribution < 1.29 is 17.6 Å². The van der Waals surface area contributed by atoms with Crippen molar-refractivity contribution in [2.75, 3.05) is 0 Å². The highest BCUT2D eigenvalue weighted by Crippen LogP contribution is 2.37. The van der Waals surface area contributed by atoms with Gasteiger partial charge in [0.1, 0.15) is 6.17 Å². The first-order valence-corrected chi connectivity index (χ1v) is 3.93. The van der Waals surface area contributed by atoms with Gasteiger partial charge >= 0.3 is 6.18 Å². The quantitative estimate of drug-likeness (QED) is 0.518. The number of alkyl halides is 4. The van der Waals surface area contributed by atoms with Crippen molar-refractivity contribution in [3.63, 3.8) is 0 Å². The Balaban J connectivity index is 3.02. The molecule has 0 radical (unpaired) electrons. The van der Waals surface area contributed by atoms with Crippen LogP contribution in [0.3, 0.4) is 0 Å². The highest BCUT2D eigenvalue weighted by atomic mass is 19.4. The number of halogens is 4. The van der Waals surface area contributed by atoms with Gasteiger partial charge in [-0.25, -0.2) is 4.39 Å². The van der Waals surface area contributed by atoms with Crippen LogP contribution in [0.25, 0.3) is 0 Å². The van der Waals surface area contributed by atoms with Gasteiger partial charge in [-0.2, -0.15) is 13.2 Å². The first-order valence-electron chi connectivity index (χ1n) is 3.93. The maximum Gasteiger partial charge on any atom is 0.413 e. The van der Waals surface area contributed by atoms with E-state index < -0.39 is 23.8 Å². The second-order valence-corrected chi connectivity index (χ2v) is 3.24. The van der Waals surface area contributed by atoms with E-state index in [2.05, 4.69) is 0 Å². The molecule has 0 aromatic carbocycles. The molecule has 0 saturated carbocycles. The van der Waals surface area contributed by atoms with Crippen LogP contribution in [0.1, 0.15) is 13.8 Å². The van der Waals surface area contributed by atoms with Gasteiger partial charge in [0, 0.05) is 11.5 Å². The molecule has 2 unspecified atom stereocenters. The second kappa shape index (κ2) is 3.16. The Morgan fingerprint density at radius 2 is 1.85 bits per heavy atom. The van der Waals surface area contributed by atoms with Crippen molar-refractivity contribution in [1.82, 2.24) is 0 Å². The minimum absolute atomic E-state index is 0.331. The largest absolute Gasteiger partial charge is 0.413 e.